The Kier molecular flexibility index (Phi) is 4.57. The van der Waals surface area contributed by atoms with E-state index in [1.54, 1.807) is 0 Å². The predicted octanol–water partition coefficient (Wildman–Crippen LogP) is -2.05. The number of aliphatic hydroxyl groups excluding tert-OH is 2. The first-order valence-corrected chi connectivity index (χ1v) is 6.90. The van der Waals surface area contributed by atoms with Gasteiger partial charge in [0.05, 0.1) is 26.4 Å². The minimum atomic E-state index is -0.584. The second-order valence-corrected chi connectivity index (χ2v) is 5.38. The second kappa shape index (κ2) is 6.44. The molecule has 0 spiro atoms. The summed E-state index contributed by atoms with van der Waals surface area (Å²) in [7, 11) is 0. The van der Waals surface area contributed by atoms with Crippen LogP contribution in [0.1, 0.15) is 0 Å². The molecule has 0 aromatic carbocycles. The number of aliphatic hydroxyl groups is 2. The number of oxime groups is 2. The van der Waals surface area contributed by atoms with Crippen molar-refractivity contribution in [3.05, 3.63) is 0 Å². The minimum absolute atomic E-state index is 0.253. The zero-order chi connectivity index (χ0) is 15.7. The topological polar surface area (TPSA) is 143 Å². The van der Waals surface area contributed by atoms with Gasteiger partial charge in [0.2, 0.25) is 0 Å². The molecule has 4 fully saturated rings. The lowest BCUT2D eigenvalue weighted by Gasteiger charge is -2.07. The van der Waals surface area contributed by atoms with Gasteiger partial charge >= 0.3 is 0 Å². The molecule has 0 saturated carbocycles. The van der Waals surface area contributed by atoms with Gasteiger partial charge in [-0.25, -0.2) is 0 Å². The van der Waals surface area contributed by atoms with Crippen LogP contribution in [0.25, 0.3) is 0 Å². The second-order valence-electron chi connectivity index (χ2n) is 5.38. The lowest BCUT2D eigenvalue weighted by atomic mass is 10.1. The lowest BCUT2D eigenvalue weighted by Crippen LogP contribution is -2.29. The summed E-state index contributed by atoms with van der Waals surface area (Å²) in [6.07, 6.45) is -2.51. The Morgan fingerprint density at radius 3 is 1.50 bits per heavy atom. The highest BCUT2D eigenvalue weighted by Crippen LogP contribution is 2.25. The molecule has 6 unspecified atom stereocenters. The number of rotatable bonds is 0. The van der Waals surface area contributed by atoms with Crippen molar-refractivity contribution in [1.82, 2.24) is 0 Å². The molecule has 0 radical (unpaired) electrons. The standard InChI is InChI=1S/2C6H9NO4/c2*8-4-2-11-5-3(7-9)1-10-6(4)5/h2*4-6,8-9H,1-2H2/b2*7-3+. The van der Waals surface area contributed by atoms with Crippen molar-refractivity contribution in [1.29, 1.82) is 0 Å². The molecule has 0 amide bonds. The third-order valence-electron chi connectivity index (χ3n) is 4.01. The van der Waals surface area contributed by atoms with E-state index in [0.29, 0.717) is 11.4 Å². The van der Waals surface area contributed by atoms with Crippen molar-refractivity contribution in [2.45, 2.75) is 36.6 Å². The lowest BCUT2D eigenvalue weighted by molar-refractivity contribution is 0.0197. The normalized spacial score (nSPS) is 46.6. The molecule has 10 nitrogen and oxygen atoms in total. The third-order valence-corrected chi connectivity index (χ3v) is 4.01. The average Bonchev–Trinajstić information content (AvgIpc) is 3.25. The van der Waals surface area contributed by atoms with Crippen LogP contribution in [0.3, 0.4) is 0 Å². The van der Waals surface area contributed by atoms with E-state index in [0.717, 1.165) is 0 Å². The zero-order valence-electron chi connectivity index (χ0n) is 11.6. The smallest absolute Gasteiger partial charge is 0.130 e. The Morgan fingerprint density at radius 2 is 1.14 bits per heavy atom. The average molecular weight is 318 g/mol. The van der Waals surface area contributed by atoms with Crippen LogP contribution in [0.15, 0.2) is 10.3 Å². The van der Waals surface area contributed by atoms with E-state index in [1.807, 2.05) is 0 Å². The Hall–Kier alpha value is -1.30. The molecule has 4 saturated heterocycles. The molecule has 22 heavy (non-hydrogen) atoms. The van der Waals surface area contributed by atoms with Gasteiger partial charge in [-0.2, -0.15) is 0 Å². The van der Waals surface area contributed by atoms with Crippen LogP contribution in [0.4, 0.5) is 0 Å². The fourth-order valence-electron chi connectivity index (χ4n) is 2.85. The summed E-state index contributed by atoms with van der Waals surface area (Å²) in [5.41, 5.74) is 0.929. The highest BCUT2D eigenvalue weighted by atomic mass is 16.6. The van der Waals surface area contributed by atoms with Crippen molar-refractivity contribution < 1.29 is 39.6 Å². The molecule has 10 heteroatoms. The van der Waals surface area contributed by atoms with E-state index in [1.165, 1.54) is 0 Å². The highest BCUT2D eigenvalue weighted by molar-refractivity contribution is 5.92. The monoisotopic (exact) mass is 318 g/mol. The molecule has 6 atom stereocenters. The van der Waals surface area contributed by atoms with Crippen LogP contribution in [0.5, 0.6) is 0 Å². The maximum Gasteiger partial charge on any atom is 0.130 e. The first-order chi connectivity index (χ1) is 10.7. The number of nitrogens with zero attached hydrogens (tertiary/aromatic N) is 2. The van der Waals surface area contributed by atoms with Gasteiger partial charge in [0, 0.05) is 0 Å². The summed E-state index contributed by atoms with van der Waals surface area (Å²) in [5, 5.41) is 41.4. The predicted molar refractivity (Wildman–Crippen MR) is 69.4 cm³/mol. The van der Waals surface area contributed by atoms with Crippen molar-refractivity contribution in [3.8, 4) is 0 Å². The van der Waals surface area contributed by atoms with Crippen molar-refractivity contribution in [3.63, 3.8) is 0 Å². The van der Waals surface area contributed by atoms with Gasteiger partial charge in [0.1, 0.15) is 48.0 Å². The molecule has 4 aliphatic rings. The number of fused-ring (bicyclic) bond motifs is 2. The van der Waals surface area contributed by atoms with E-state index in [2.05, 4.69) is 10.3 Å². The molecule has 4 aliphatic heterocycles. The largest absolute Gasteiger partial charge is 0.411 e. The molecule has 124 valence electrons. The van der Waals surface area contributed by atoms with Gasteiger partial charge in [-0.05, 0) is 0 Å². The molecule has 4 heterocycles. The first-order valence-electron chi connectivity index (χ1n) is 6.90. The van der Waals surface area contributed by atoms with Gasteiger partial charge in [-0.1, -0.05) is 10.3 Å². The maximum absolute atomic E-state index is 9.23. The summed E-state index contributed by atoms with van der Waals surface area (Å²) in [4.78, 5) is 0. The zero-order valence-corrected chi connectivity index (χ0v) is 11.6. The first kappa shape index (κ1) is 15.6. The van der Waals surface area contributed by atoms with Gasteiger partial charge in [0.25, 0.3) is 0 Å². The summed E-state index contributed by atoms with van der Waals surface area (Å²) in [6.45, 7) is 1.02. The SMILES string of the molecule is O/N=C1\COC2C(O)COC12.O/N=C1\COC2C(O)COC12. The Morgan fingerprint density at radius 1 is 0.727 bits per heavy atom. The molecular formula is C12H18N2O8. The molecule has 0 aliphatic carbocycles. The Balaban J connectivity index is 0.000000131. The quantitative estimate of drug-likeness (QED) is 0.295. The Bertz CT molecular complexity index is 428. The molecule has 0 aromatic heterocycles. The van der Waals surface area contributed by atoms with Crippen LogP contribution in [0, 0.1) is 0 Å². The van der Waals surface area contributed by atoms with E-state index >= 15 is 0 Å². The van der Waals surface area contributed by atoms with Crippen molar-refractivity contribution >= 4 is 11.4 Å². The fourth-order valence-corrected chi connectivity index (χ4v) is 2.85. The molecule has 0 bridgehead atoms. The van der Waals surface area contributed by atoms with Gasteiger partial charge < -0.3 is 39.6 Å². The van der Waals surface area contributed by atoms with Crippen LogP contribution >= 0.6 is 0 Å². The van der Waals surface area contributed by atoms with Crippen LogP contribution < -0.4 is 0 Å². The number of ether oxygens (including phenoxy) is 4. The molecule has 4 rings (SSSR count). The summed E-state index contributed by atoms with van der Waals surface area (Å²) in [6, 6.07) is 0. The maximum atomic E-state index is 9.23. The highest BCUT2D eigenvalue weighted by Gasteiger charge is 2.46. The van der Waals surface area contributed by atoms with E-state index in [9.17, 15) is 10.2 Å². The van der Waals surface area contributed by atoms with Gasteiger partial charge in [0.15, 0.2) is 0 Å². The summed E-state index contributed by atoms with van der Waals surface area (Å²) < 4.78 is 20.5. The molecule has 0 aromatic rings. The van der Waals surface area contributed by atoms with E-state index in [4.69, 9.17) is 29.4 Å². The van der Waals surface area contributed by atoms with Crippen LogP contribution in [-0.2, 0) is 18.9 Å². The molecular weight excluding hydrogens is 300 g/mol. The van der Waals surface area contributed by atoms with Gasteiger partial charge in [-0.3, -0.25) is 0 Å². The van der Waals surface area contributed by atoms with Crippen LogP contribution in [0.2, 0.25) is 0 Å². The minimum Gasteiger partial charge on any atom is -0.411 e. The number of hydrogen-bond donors (Lipinski definition) is 4. The fraction of sp³-hybridized carbons (Fsp3) is 0.833. The number of hydrogen-bond acceptors (Lipinski definition) is 10. The summed E-state index contributed by atoms with van der Waals surface area (Å²) in [5.74, 6) is 0. The van der Waals surface area contributed by atoms with E-state index in [-0.39, 0.29) is 50.8 Å². The molecule has 4 N–H and O–H groups in total. The summed E-state index contributed by atoms with van der Waals surface area (Å²) >= 11 is 0. The van der Waals surface area contributed by atoms with Crippen molar-refractivity contribution in [2.24, 2.45) is 10.3 Å². The van der Waals surface area contributed by atoms with E-state index < -0.39 is 12.2 Å². The van der Waals surface area contributed by atoms with Crippen molar-refractivity contribution in [2.75, 3.05) is 26.4 Å². The van der Waals surface area contributed by atoms with Crippen LogP contribution in [-0.4, -0.2) is 95.1 Å². The van der Waals surface area contributed by atoms with Gasteiger partial charge in [-0.15, -0.1) is 0 Å². The third kappa shape index (κ3) is 2.69. The Labute approximate surface area is 125 Å².